The minimum absolute atomic E-state index is 0.153. The Balaban J connectivity index is 2.00. The molecule has 2 rings (SSSR count). The third-order valence-electron chi connectivity index (χ3n) is 2.62. The molecule has 0 aliphatic rings. The zero-order valence-corrected chi connectivity index (χ0v) is 11.6. The Labute approximate surface area is 115 Å². The number of ether oxygens (including phenoxy) is 1. The van der Waals surface area contributed by atoms with Crippen LogP contribution in [0, 0.1) is 13.8 Å². The average molecular weight is 276 g/mol. The predicted octanol–water partition coefficient (Wildman–Crippen LogP) is 1.63. The number of aliphatic carboxylic acids is 1. The van der Waals surface area contributed by atoms with Gasteiger partial charge in [0.05, 0.1) is 5.69 Å². The van der Waals surface area contributed by atoms with E-state index in [2.05, 4.69) is 4.98 Å². The maximum atomic E-state index is 10.5. The average Bonchev–Trinajstić information content (AvgIpc) is 2.77. The molecule has 0 saturated carbocycles. The lowest BCUT2D eigenvalue weighted by molar-refractivity contribution is -0.304. The topological polar surface area (TPSA) is 62.2 Å². The number of hydrogen-bond acceptors (Lipinski definition) is 5. The van der Waals surface area contributed by atoms with Crippen LogP contribution in [0.5, 0.6) is 5.75 Å². The molecule has 0 saturated heterocycles. The van der Waals surface area contributed by atoms with Gasteiger partial charge >= 0.3 is 0 Å². The summed E-state index contributed by atoms with van der Waals surface area (Å²) in [5.41, 5.74) is 2.72. The Morgan fingerprint density at radius 2 is 2.21 bits per heavy atom. The number of nitrogens with zero attached hydrogens (tertiary/aromatic N) is 1. The van der Waals surface area contributed by atoms with E-state index in [1.54, 1.807) is 5.38 Å². The first kappa shape index (κ1) is 13.5. The maximum absolute atomic E-state index is 10.5. The molecule has 4 nitrogen and oxygen atoms in total. The molecule has 19 heavy (non-hydrogen) atoms. The molecule has 0 aliphatic carbocycles. The van der Waals surface area contributed by atoms with Crippen LogP contribution < -0.4 is 9.84 Å². The van der Waals surface area contributed by atoms with Crippen LogP contribution in [0.25, 0.3) is 0 Å². The SMILES string of the molecule is Cc1ccc(C)c(OCc2nc(CC(=O)[O-])cs2)c1. The second kappa shape index (κ2) is 5.84. The van der Waals surface area contributed by atoms with Crippen molar-refractivity contribution in [2.24, 2.45) is 0 Å². The van der Waals surface area contributed by atoms with Gasteiger partial charge in [0.1, 0.15) is 17.4 Å². The zero-order chi connectivity index (χ0) is 13.8. The summed E-state index contributed by atoms with van der Waals surface area (Å²) in [6.07, 6.45) is -0.153. The second-order valence-corrected chi connectivity index (χ2v) is 5.28. The molecule has 100 valence electrons. The fraction of sp³-hybridized carbons (Fsp3) is 0.286. The molecule has 0 amide bonds. The first-order chi connectivity index (χ1) is 9.04. The van der Waals surface area contributed by atoms with Crippen molar-refractivity contribution in [3.63, 3.8) is 0 Å². The Morgan fingerprint density at radius 1 is 1.42 bits per heavy atom. The quantitative estimate of drug-likeness (QED) is 0.832. The first-order valence-electron chi connectivity index (χ1n) is 5.88. The number of thiazole rings is 1. The highest BCUT2D eigenvalue weighted by Crippen LogP contribution is 2.21. The zero-order valence-electron chi connectivity index (χ0n) is 10.8. The molecule has 0 N–H and O–H groups in total. The summed E-state index contributed by atoms with van der Waals surface area (Å²) in [5.74, 6) is -0.288. The van der Waals surface area contributed by atoms with Gasteiger partial charge in [-0.15, -0.1) is 11.3 Å². The van der Waals surface area contributed by atoms with Crippen LogP contribution in [0.3, 0.4) is 0 Å². The van der Waals surface area contributed by atoms with Crippen molar-refractivity contribution in [1.29, 1.82) is 0 Å². The summed E-state index contributed by atoms with van der Waals surface area (Å²) >= 11 is 1.39. The van der Waals surface area contributed by atoms with Crippen molar-refractivity contribution in [3.05, 3.63) is 45.4 Å². The monoisotopic (exact) mass is 276 g/mol. The second-order valence-electron chi connectivity index (χ2n) is 4.34. The van der Waals surface area contributed by atoms with Crippen molar-refractivity contribution in [2.45, 2.75) is 26.9 Å². The van der Waals surface area contributed by atoms with E-state index < -0.39 is 5.97 Å². The van der Waals surface area contributed by atoms with Gasteiger partial charge in [-0.2, -0.15) is 0 Å². The lowest BCUT2D eigenvalue weighted by Gasteiger charge is -2.08. The van der Waals surface area contributed by atoms with Crippen LogP contribution >= 0.6 is 11.3 Å². The third kappa shape index (κ3) is 3.79. The maximum Gasteiger partial charge on any atom is 0.140 e. The molecule has 5 heteroatoms. The van der Waals surface area contributed by atoms with Gasteiger partial charge in [0.25, 0.3) is 0 Å². The Bertz CT molecular complexity index is 592. The highest BCUT2D eigenvalue weighted by molar-refractivity contribution is 7.09. The molecule has 0 aliphatic heterocycles. The molecule has 0 fully saturated rings. The number of aryl methyl sites for hydroxylation is 2. The van der Waals surface area contributed by atoms with Gasteiger partial charge in [0, 0.05) is 17.8 Å². The van der Waals surface area contributed by atoms with Crippen LogP contribution in [0.2, 0.25) is 0 Å². The van der Waals surface area contributed by atoms with E-state index in [1.165, 1.54) is 11.3 Å². The molecule has 0 spiro atoms. The lowest BCUT2D eigenvalue weighted by atomic mass is 10.1. The number of benzene rings is 1. The van der Waals surface area contributed by atoms with Crippen molar-refractivity contribution < 1.29 is 14.6 Å². The van der Waals surface area contributed by atoms with Gasteiger partial charge in [-0.1, -0.05) is 12.1 Å². The van der Waals surface area contributed by atoms with Crippen LogP contribution in [0.1, 0.15) is 21.8 Å². The van der Waals surface area contributed by atoms with E-state index >= 15 is 0 Å². The van der Waals surface area contributed by atoms with Crippen molar-refractivity contribution >= 4 is 17.3 Å². The van der Waals surface area contributed by atoms with Gasteiger partial charge < -0.3 is 14.6 Å². The van der Waals surface area contributed by atoms with E-state index in [0.29, 0.717) is 12.3 Å². The number of aromatic nitrogens is 1. The largest absolute Gasteiger partial charge is 0.550 e. The Morgan fingerprint density at radius 3 is 2.95 bits per heavy atom. The van der Waals surface area contributed by atoms with Crippen LogP contribution in [0.15, 0.2) is 23.6 Å². The molecular formula is C14H14NO3S-. The third-order valence-corrected chi connectivity index (χ3v) is 3.49. The highest BCUT2D eigenvalue weighted by atomic mass is 32.1. The van der Waals surface area contributed by atoms with Crippen LogP contribution in [-0.2, 0) is 17.8 Å². The normalized spacial score (nSPS) is 10.4. The van der Waals surface area contributed by atoms with Crippen molar-refractivity contribution in [3.8, 4) is 5.75 Å². The van der Waals surface area contributed by atoms with Crippen molar-refractivity contribution in [2.75, 3.05) is 0 Å². The number of carboxylic acids is 1. The van der Waals surface area contributed by atoms with Crippen molar-refractivity contribution in [1.82, 2.24) is 4.98 Å². The van der Waals surface area contributed by atoms with E-state index in [1.807, 2.05) is 32.0 Å². The van der Waals surface area contributed by atoms with Gasteiger partial charge in [-0.05, 0) is 31.0 Å². The lowest BCUT2D eigenvalue weighted by Crippen LogP contribution is -2.24. The van der Waals surface area contributed by atoms with E-state index in [9.17, 15) is 9.90 Å². The molecule has 1 aromatic carbocycles. The molecule has 2 aromatic rings. The van der Waals surface area contributed by atoms with Gasteiger partial charge in [-0.3, -0.25) is 0 Å². The predicted molar refractivity (Wildman–Crippen MR) is 71.1 cm³/mol. The summed E-state index contributed by atoms with van der Waals surface area (Å²) < 4.78 is 5.71. The number of rotatable bonds is 5. The van der Waals surface area contributed by atoms with Crippen LogP contribution in [-0.4, -0.2) is 11.0 Å². The Kier molecular flexibility index (Phi) is 4.16. The standard InChI is InChI=1S/C14H15NO3S/c1-9-3-4-10(2)12(5-9)18-7-13-15-11(8-19-13)6-14(16)17/h3-5,8H,6-7H2,1-2H3,(H,16,17)/p-1. The molecular weight excluding hydrogens is 262 g/mol. The molecule has 1 heterocycles. The number of hydrogen-bond donors (Lipinski definition) is 0. The van der Waals surface area contributed by atoms with Gasteiger partial charge in [0.2, 0.25) is 0 Å². The molecule has 0 atom stereocenters. The molecule has 0 radical (unpaired) electrons. The van der Waals surface area contributed by atoms with E-state index in [0.717, 1.165) is 21.9 Å². The number of carbonyl (C=O) groups excluding carboxylic acids is 1. The summed E-state index contributed by atoms with van der Waals surface area (Å²) in [4.78, 5) is 14.7. The fourth-order valence-electron chi connectivity index (χ4n) is 1.65. The smallest absolute Gasteiger partial charge is 0.140 e. The molecule has 0 unspecified atom stereocenters. The summed E-state index contributed by atoms with van der Waals surface area (Å²) in [5, 5.41) is 12.9. The fourth-order valence-corrected chi connectivity index (χ4v) is 2.35. The van der Waals surface area contributed by atoms with E-state index in [-0.39, 0.29) is 6.42 Å². The van der Waals surface area contributed by atoms with E-state index in [4.69, 9.17) is 4.74 Å². The highest BCUT2D eigenvalue weighted by Gasteiger charge is 2.05. The minimum Gasteiger partial charge on any atom is -0.550 e. The summed E-state index contributed by atoms with van der Waals surface area (Å²) in [6.45, 7) is 4.34. The van der Waals surface area contributed by atoms with Gasteiger partial charge in [-0.25, -0.2) is 4.98 Å². The summed E-state index contributed by atoms with van der Waals surface area (Å²) in [6, 6.07) is 6.02. The molecule has 1 aromatic heterocycles. The number of carbonyl (C=O) groups is 1. The molecule has 0 bridgehead atoms. The Hall–Kier alpha value is -1.88. The first-order valence-corrected chi connectivity index (χ1v) is 6.76. The summed E-state index contributed by atoms with van der Waals surface area (Å²) in [7, 11) is 0. The minimum atomic E-state index is -1.12. The van der Waals surface area contributed by atoms with Crippen LogP contribution in [0.4, 0.5) is 0 Å². The number of carboxylic acid groups (broad SMARTS) is 1. The van der Waals surface area contributed by atoms with Gasteiger partial charge in [0.15, 0.2) is 0 Å².